The molecule has 3 rings (SSSR count). The Labute approximate surface area is 143 Å². The number of thioether (sulfide) groups is 1. The van der Waals surface area contributed by atoms with Gasteiger partial charge in [-0.3, -0.25) is 4.79 Å². The Morgan fingerprint density at radius 1 is 1.17 bits per heavy atom. The number of amides is 1. The normalized spacial score (nSPS) is 13.6. The van der Waals surface area contributed by atoms with Crippen molar-refractivity contribution in [2.24, 2.45) is 0 Å². The van der Waals surface area contributed by atoms with Gasteiger partial charge in [0.2, 0.25) is 5.91 Å². The molecule has 1 aromatic heterocycles. The van der Waals surface area contributed by atoms with Crippen molar-refractivity contribution in [2.45, 2.75) is 30.4 Å². The lowest BCUT2D eigenvalue weighted by molar-refractivity contribution is -0.120. The van der Waals surface area contributed by atoms with Crippen LogP contribution < -0.4 is 5.32 Å². The molecule has 1 amide bonds. The Kier molecular flexibility index (Phi) is 4.85. The summed E-state index contributed by atoms with van der Waals surface area (Å²) < 4.78 is 18.6. The molecule has 0 aliphatic carbocycles. The summed E-state index contributed by atoms with van der Waals surface area (Å²) in [6.07, 6.45) is 0. The van der Waals surface area contributed by atoms with Crippen molar-refractivity contribution in [1.29, 1.82) is 0 Å². The van der Waals surface area contributed by atoms with Crippen LogP contribution in [0.15, 0.2) is 58.2 Å². The third-order valence-corrected chi connectivity index (χ3v) is 4.59. The van der Waals surface area contributed by atoms with Crippen LogP contribution in [0.1, 0.15) is 25.5 Å². The van der Waals surface area contributed by atoms with Gasteiger partial charge in [-0.05, 0) is 43.7 Å². The van der Waals surface area contributed by atoms with Gasteiger partial charge >= 0.3 is 0 Å². The number of halogens is 1. The molecule has 0 radical (unpaired) electrons. The molecule has 0 bridgehead atoms. The fourth-order valence-corrected chi connectivity index (χ4v) is 3.04. The van der Waals surface area contributed by atoms with E-state index in [4.69, 9.17) is 4.42 Å². The molecule has 2 atom stereocenters. The highest BCUT2D eigenvalue weighted by atomic mass is 32.2. The summed E-state index contributed by atoms with van der Waals surface area (Å²) in [5, 5.41) is 3.02. The second kappa shape index (κ2) is 7.05. The number of aromatic nitrogens is 1. The number of fused-ring (bicyclic) bond motifs is 1. The van der Waals surface area contributed by atoms with Crippen LogP contribution in [0.3, 0.4) is 0 Å². The van der Waals surface area contributed by atoms with E-state index in [0.717, 1.165) is 11.1 Å². The van der Waals surface area contributed by atoms with Crippen LogP contribution in [0.5, 0.6) is 0 Å². The number of nitrogens with zero attached hydrogens (tertiary/aromatic N) is 1. The largest absolute Gasteiger partial charge is 0.431 e. The summed E-state index contributed by atoms with van der Waals surface area (Å²) in [6.45, 7) is 3.66. The first-order valence-electron chi connectivity index (χ1n) is 7.61. The fraction of sp³-hybridized carbons (Fsp3) is 0.222. The van der Waals surface area contributed by atoms with E-state index in [1.807, 2.05) is 31.2 Å². The molecule has 3 aromatic rings. The van der Waals surface area contributed by atoms with Crippen LogP contribution in [-0.2, 0) is 4.79 Å². The van der Waals surface area contributed by atoms with Crippen molar-refractivity contribution in [3.8, 4) is 0 Å². The summed E-state index contributed by atoms with van der Waals surface area (Å²) in [4.78, 5) is 16.7. The van der Waals surface area contributed by atoms with Gasteiger partial charge in [0.15, 0.2) is 5.58 Å². The van der Waals surface area contributed by atoms with Crippen LogP contribution in [0, 0.1) is 5.82 Å². The summed E-state index contributed by atoms with van der Waals surface area (Å²) in [5.74, 6) is -0.420. The Morgan fingerprint density at radius 3 is 2.58 bits per heavy atom. The number of carbonyl (C=O) groups is 1. The molecule has 124 valence electrons. The first-order chi connectivity index (χ1) is 11.5. The molecule has 0 saturated carbocycles. The average molecular weight is 344 g/mol. The quantitative estimate of drug-likeness (QED) is 0.700. The highest BCUT2D eigenvalue weighted by molar-refractivity contribution is 8.00. The number of oxazole rings is 1. The third-order valence-electron chi connectivity index (χ3n) is 3.65. The lowest BCUT2D eigenvalue weighted by Crippen LogP contribution is -2.33. The highest BCUT2D eigenvalue weighted by Crippen LogP contribution is 2.27. The lowest BCUT2D eigenvalue weighted by Gasteiger charge is -2.17. The van der Waals surface area contributed by atoms with Crippen LogP contribution in [0.4, 0.5) is 4.39 Å². The monoisotopic (exact) mass is 344 g/mol. The minimum absolute atomic E-state index is 0.126. The summed E-state index contributed by atoms with van der Waals surface area (Å²) >= 11 is 1.27. The van der Waals surface area contributed by atoms with Gasteiger partial charge in [0, 0.05) is 0 Å². The molecule has 1 N–H and O–H groups in total. The molecule has 6 heteroatoms. The summed E-state index contributed by atoms with van der Waals surface area (Å²) in [6, 6.07) is 13.4. The summed E-state index contributed by atoms with van der Waals surface area (Å²) in [7, 11) is 0. The Balaban J connectivity index is 1.62. The third kappa shape index (κ3) is 3.76. The Bertz CT molecular complexity index is 815. The summed E-state index contributed by atoms with van der Waals surface area (Å²) in [5.41, 5.74) is 2.32. The Morgan fingerprint density at radius 2 is 1.88 bits per heavy atom. The number of hydrogen-bond acceptors (Lipinski definition) is 4. The highest BCUT2D eigenvalue weighted by Gasteiger charge is 2.20. The second-order valence-corrected chi connectivity index (χ2v) is 6.78. The number of carbonyl (C=O) groups excluding carboxylic acids is 1. The molecule has 1 heterocycles. The van der Waals surface area contributed by atoms with E-state index in [1.54, 1.807) is 19.1 Å². The van der Waals surface area contributed by atoms with E-state index in [2.05, 4.69) is 10.3 Å². The van der Waals surface area contributed by atoms with Crippen molar-refractivity contribution in [3.05, 3.63) is 59.9 Å². The number of hydrogen-bond donors (Lipinski definition) is 1. The van der Waals surface area contributed by atoms with Crippen molar-refractivity contribution >= 4 is 28.8 Å². The zero-order valence-corrected chi connectivity index (χ0v) is 14.1. The van der Waals surface area contributed by atoms with Crippen LogP contribution in [-0.4, -0.2) is 16.1 Å². The van der Waals surface area contributed by atoms with E-state index in [1.165, 1.54) is 23.9 Å². The molecule has 4 nitrogen and oxygen atoms in total. The maximum absolute atomic E-state index is 13.0. The topological polar surface area (TPSA) is 55.1 Å². The average Bonchev–Trinajstić information content (AvgIpc) is 2.97. The second-order valence-electron chi connectivity index (χ2n) is 5.49. The van der Waals surface area contributed by atoms with E-state index in [-0.39, 0.29) is 23.0 Å². The standard InChI is InChI=1S/C18H17FN2O2S/c1-11(13-7-9-14(19)10-8-13)20-17(22)12(2)24-18-21-15-5-3-4-6-16(15)23-18/h3-12H,1-2H3,(H,20,22)/t11-,12-/m0/s1. The minimum Gasteiger partial charge on any atom is -0.431 e. The number of rotatable bonds is 5. The molecule has 0 unspecified atom stereocenters. The van der Waals surface area contributed by atoms with Crippen molar-refractivity contribution in [1.82, 2.24) is 10.3 Å². The van der Waals surface area contributed by atoms with Gasteiger partial charge in [0.25, 0.3) is 5.22 Å². The van der Waals surface area contributed by atoms with Gasteiger partial charge in [-0.1, -0.05) is 36.0 Å². The van der Waals surface area contributed by atoms with E-state index < -0.39 is 0 Å². The molecule has 0 aliphatic heterocycles. The zero-order valence-electron chi connectivity index (χ0n) is 13.3. The maximum Gasteiger partial charge on any atom is 0.257 e. The number of nitrogens with one attached hydrogen (secondary N) is 1. The van der Waals surface area contributed by atoms with Crippen molar-refractivity contribution in [3.63, 3.8) is 0 Å². The maximum atomic E-state index is 13.0. The number of benzene rings is 2. The van der Waals surface area contributed by atoms with Crippen LogP contribution in [0.25, 0.3) is 11.1 Å². The van der Waals surface area contributed by atoms with Crippen LogP contribution in [0.2, 0.25) is 0 Å². The van der Waals surface area contributed by atoms with Gasteiger partial charge in [0.05, 0.1) is 11.3 Å². The molecule has 24 heavy (non-hydrogen) atoms. The molecular weight excluding hydrogens is 327 g/mol. The minimum atomic E-state index is -0.360. The number of para-hydroxylation sites is 2. The predicted molar refractivity (Wildman–Crippen MR) is 92.3 cm³/mol. The molecule has 0 aliphatic rings. The van der Waals surface area contributed by atoms with Crippen molar-refractivity contribution < 1.29 is 13.6 Å². The molecule has 2 aromatic carbocycles. The van der Waals surface area contributed by atoms with Gasteiger partial charge in [-0.2, -0.15) is 0 Å². The first-order valence-corrected chi connectivity index (χ1v) is 8.49. The molecule has 0 saturated heterocycles. The van der Waals surface area contributed by atoms with Crippen molar-refractivity contribution in [2.75, 3.05) is 0 Å². The van der Waals surface area contributed by atoms with Crippen LogP contribution >= 0.6 is 11.8 Å². The SMILES string of the molecule is C[C@H](Sc1nc2ccccc2o1)C(=O)N[C@@H](C)c1ccc(F)cc1. The van der Waals surface area contributed by atoms with Gasteiger partial charge in [-0.25, -0.2) is 9.37 Å². The van der Waals surface area contributed by atoms with E-state index in [9.17, 15) is 9.18 Å². The predicted octanol–water partition coefficient (Wildman–Crippen LogP) is 4.32. The zero-order chi connectivity index (χ0) is 17.1. The van der Waals surface area contributed by atoms with Gasteiger partial charge < -0.3 is 9.73 Å². The van der Waals surface area contributed by atoms with Gasteiger partial charge in [-0.15, -0.1) is 0 Å². The Hall–Kier alpha value is -2.34. The lowest BCUT2D eigenvalue weighted by atomic mass is 10.1. The molecule has 0 spiro atoms. The fourth-order valence-electron chi connectivity index (χ4n) is 2.27. The molecular formula is C18H17FN2O2S. The first kappa shape index (κ1) is 16.5. The molecule has 0 fully saturated rings. The van der Waals surface area contributed by atoms with Gasteiger partial charge in [0.1, 0.15) is 11.3 Å². The van der Waals surface area contributed by atoms with E-state index >= 15 is 0 Å². The smallest absolute Gasteiger partial charge is 0.257 e. The van der Waals surface area contributed by atoms with E-state index in [0.29, 0.717) is 10.8 Å².